The number of halogens is 1. The van der Waals surface area contributed by atoms with Crippen molar-refractivity contribution in [3.63, 3.8) is 0 Å². The zero-order valence-corrected chi connectivity index (χ0v) is 22.5. The topological polar surface area (TPSA) is 96.4 Å². The molecule has 0 aliphatic carbocycles. The number of benzene rings is 4. The largest absolute Gasteiger partial charge is 0.497 e. The smallest absolute Gasteiger partial charge is 0.226 e. The molecule has 2 N–H and O–H groups in total. The Morgan fingerprint density at radius 2 is 1.74 bits per heavy atom. The Morgan fingerprint density at radius 3 is 2.53 bits per heavy atom. The molecule has 9 heteroatoms. The minimum atomic E-state index is -4.03. The lowest BCUT2D eigenvalue weighted by Crippen LogP contribution is -2.07. The summed E-state index contributed by atoms with van der Waals surface area (Å²) in [7, 11) is -2.49. The van der Waals surface area contributed by atoms with E-state index in [9.17, 15) is 8.42 Å². The van der Waals surface area contributed by atoms with Gasteiger partial charge in [-0.1, -0.05) is 60.1 Å². The normalized spacial score (nSPS) is 11.8. The fourth-order valence-electron chi connectivity index (χ4n) is 4.54. The molecule has 196 valence electrons. The number of hydrogen-bond donors (Lipinski definition) is 1. The number of methoxy groups -OCH3 is 1. The zero-order chi connectivity index (χ0) is 26.7. The van der Waals surface area contributed by atoms with E-state index >= 15 is 0 Å². The molecule has 0 spiro atoms. The monoisotopic (exact) mass is 549 g/mol. The SMILES string of the molecule is COc1cc(OCCCCN)c2c(c1)c(S(=O)(=O)c1cccc3ccccc13)nn2Cc1cccc(Cl)c1. The van der Waals surface area contributed by atoms with E-state index in [1.165, 1.54) is 7.11 Å². The number of ether oxygens (including phenoxy) is 2. The Labute approximate surface area is 226 Å². The van der Waals surface area contributed by atoms with Crippen molar-refractivity contribution >= 4 is 43.1 Å². The van der Waals surface area contributed by atoms with Crippen LogP contribution in [0.1, 0.15) is 18.4 Å². The molecule has 0 saturated heterocycles. The van der Waals surface area contributed by atoms with Crippen molar-refractivity contribution in [3.05, 3.63) is 89.4 Å². The third kappa shape index (κ3) is 5.07. The minimum absolute atomic E-state index is 0.0587. The maximum absolute atomic E-state index is 14.2. The first-order valence-corrected chi connectivity index (χ1v) is 14.2. The number of nitrogens with zero attached hydrogens (tertiary/aromatic N) is 2. The molecule has 0 amide bonds. The first-order valence-electron chi connectivity index (χ1n) is 12.3. The fraction of sp³-hybridized carbons (Fsp3) is 0.207. The number of unbranched alkanes of at least 4 members (excludes halogenated alkanes) is 1. The van der Waals surface area contributed by atoms with Crippen LogP contribution >= 0.6 is 11.6 Å². The summed E-state index contributed by atoms with van der Waals surface area (Å²) in [5.41, 5.74) is 7.09. The summed E-state index contributed by atoms with van der Waals surface area (Å²) in [6.45, 7) is 1.29. The average Bonchev–Trinajstić information content (AvgIpc) is 3.29. The van der Waals surface area contributed by atoms with Crippen molar-refractivity contribution in [3.8, 4) is 11.5 Å². The molecule has 7 nitrogen and oxygen atoms in total. The lowest BCUT2D eigenvalue weighted by atomic mass is 10.1. The fourth-order valence-corrected chi connectivity index (χ4v) is 6.34. The first kappa shape index (κ1) is 26.0. The van der Waals surface area contributed by atoms with Gasteiger partial charge in [0.2, 0.25) is 9.84 Å². The quantitative estimate of drug-likeness (QED) is 0.219. The highest BCUT2D eigenvalue weighted by Gasteiger charge is 2.29. The van der Waals surface area contributed by atoms with E-state index in [-0.39, 0.29) is 9.92 Å². The van der Waals surface area contributed by atoms with E-state index in [0.29, 0.717) is 52.5 Å². The molecule has 5 aromatic rings. The highest BCUT2D eigenvalue weighted by molar-refractivity contribution is 7.91. The third-order valence-electron chi connectivity index (χ3n) is 6.36. The Balaban J connectivity index is 1.73. The van der Waals surface area contributed by atoms with Gasteiger partial charge in [-0.05, 0) is 54.6 Å². The number of sulfone groups is 1. The number of hydrogen-bond acceptors (Lipinski definition) is 6. The van der Waals surface area contributed by atoms with Crippen LogP contribution in [-0.4, -0.2) is 38.5 Å². The van der Waals surface area contributed by atoms with Crippen molar-refractivity contribution in [2.24, 2.45) is 5.73 Å². The van der Waals surface area contributed by atoms with Crippen molar-refractivity contribution in [2.75, 3.05) is 20.3 Å². The standard InChI is InChI=1S/C29H28ClN3O4S/c1-36-23-17-25-28(26(18-23)37-15-5-4-14-31)33(19-20-8-6-11-22(30)16-20)32-29(25)38(34,35)27-13-7-10-21-9-2-3-12-24(21)27/h2-3,6-13,16-18H,4-5,14-15,19,31H2,1H3. The van der Waals surface area contributed by atoms with Crippen LogP contribution in [0, 0.1) is 0 Å². The van der Waals surface area contributed by atoms with Crippen LogP contribution in [0.2, 0.25) is 5.02 Å². The summed E-state index contributed by atoms with van der Waals surface area (Å²) in [5, 5.41) is 7.10. The summed E-state index contributed by atoms with van der Waals surface area (Å²) in [6.07, 6.45) is 1.58. The number of fused-ring (bicyclic) bond motifs is 2. The molecule has 0 fully saturated rings. The molecule has 0 saturated carbocycles. The van der Waals surface area contributed by atoms with Crippen molar-refractivity contribution in [2.45, 2.75) is 29.3 Å². The van der Waals surface area contributed by atoms with Crippen LogP contribution in [0.5, 0.6) is 11.5 Å². The summed E-state index contributed by atoms with van der Waals surface area (Å²) >= 11 is 6.23. The summed E-state index contributed by atoms with van der Waals surface area (Å²) < 4.78 is 41.7. The second-order valence-electron chi connectivity index (χ2n) is 8.94. The van der Waals surface area contributed by atoms with E-state index in [0.717, 1.165) is 23.8 Å². The van der Waals surface area contributed by atoms with Crippen molar-refractivity contribution < 1.29 is 17.9 Å². The molecule has 0 atom stereocenters. The van der Waals surface area contributed by atoms with E-state index < -0.39 is 9.84 Å². The molecule has 4 aromatic carbocycles. The maximum atomic E-state index is 14.2. The van der Waals surface area contributed by atoms with Gasteiger partial charge in [-0.15, -0.1) is 0 Å². The Morgan fingerprint density at radius 1 is 0.947 bits per heavy atom. The highest BCUT2D eigenvalue weighted by Crippen LogP contribution is 2.38. The van der Waals surface area contributed by atoms with Gasteiger partial charge in [-0.25, -0.2) is 8.42 Å². The van der Waals surface area contributed by atoms with E-state index in [4.69, 9.17) is 26.8 Å². The van der Waals surface area contributed by atoms with Crippen LogP contribution < -0.4 is 15.2 Å². The van der Waals surface area contributed by atoms with E-state index in [1.807, 2.05) is 42.5 Å². The molecule has 0 aliphatic heterocycles. The molecule has 1 heterocycles. The molecule has 0 aliphatic rings. The van der Waals surface area contributed by atoms with Gasteiger partial charge in [0.25, 0.3) is 0 Å². The molecule has 0 unspecified atom stereocenters. The van der Waals surface area contributed by atoms with E-state index in [1.54, 1.807) is 41.1 Å². The third-order valence-corrected chi connectivity index (χ3v) is 8.34. The average molecular weight is 550 g/mol. The molecule has 1 aromatic heterocycles. The van der Waals surface area contributed by atoms with Crippen LogP contribution in [0.3, 0.4) is 0 Å². The molecule has 0 bridgehead atoms. The van der Waals surface area contributed by atoms with Gasteiger partial charge in [-0.2, -0.15) is 5.10 Å². The molecular formula is C29H28ClN3O4S. The van der Waals surface area contributed by atoms with Gasteiger partial charge in [0.1, 0.15) is 17.0 Å². The predicted octanol–water partition coefficient (Wildman–Crippen LogP) is 5.85. The maximum Gasteiger partial charge on any atom is 0.226 e. The minimum Gasteiger partial charge on any atom is -0.497 e. The van der Waals surface area contributed by atoms with Crippen LogP contribution in [0.25, 0.3) is 21.7 Å². The highest BCUT2D eigenvalue weighted by atomic mass is 35.5. The summed E-state index contributed by atoms with van der Waals surface area (Å²) in [6, 6.07) is 23.5. The first-order chi connectivity index (χ1) is 18.4. The lowest BCUT2D eigenvalue weighted by molar-refractivity contribution is 0.307. The molecule has 0 radical (unpaired) electrons. The molecular weight excluding hydrogens is 522 g/mol. The van der Waals surface area contributed by atoms with Crippen LogP contribution in [0.15, 0.2) is 88.8 Å². The van der Waals surface area contributed by atoms with Gasteiger partial charge < -0.3 is 15.2 Å². The van der Waals surface area contributed by atoms with E-state index in [2.05, 4.69) is 5.10 Å². The second kappa shape index (κ2) is 11.0. The molecule has 38 heavy (non-hydrogen) atoms. The lowest BCUT2D eigenvalue weighted by Gasteiger charge is -2.12. The van der Waals surface area contributed by atoms with Crippen molar-refractivity contribution in [1.29, 1.82) is 0 Å². The van der Waals surface area contributed by atoms with Crippen LogP contribution in [0.4, 0.5) is 0 Å². The number of aromatic nitrogens is 2. The Bertz CT molecular complexity index is 1710. The van der Waals surface area contributed by atoms with Gasteiger partial charge in [0.15, 0.2) is 5.03 Å². The molecule has 5 rings (SSSR count). The van der Waals surface area contributed by atoms with Gasteiger partial charge >= 0.3 is 0 Å². The Hall–Kier alpha value is -3.59. The van der Waals surface area contributed by atoms with Crippen LogP contribution in [-0.2, 0) is 16.4 Å². The van der Waals surface area contributed by atoms with Crippen molar-refractivity contribution in [1.82, 2.24) is 9.78 Å². The van der Waals surface area contributed by atoms with Gasteiger partial charge in [0.05, 0.1) is 25.2 Å². The predicted molar refractivity (Wildman–Crippen MR) is 150 cm³/mol. The Kier molecular flexibility index (Phi) is 7.56. The van der Waals surface area contributed by atoms with Gasteiger partial charge in [0, 0.05) is 21.9 Å². The number of rotatable bonds is 10. The summed E-state index contributed by atoms with van der Waals surface area (Å²) in [4.78, 5) is 0.193. The second-order valence-corrected chi connectivity index (χ2v) is 11.2. The van der Waals surface area contributed by atoms with Gasteiger partial charge in [-0.3, -0.25) is 4.68 Å². The zero-order valence-electron chi connectivity index (χ0n) is 20.9. The number of nitrogens with two attached hydrogens (primary N) is 1. The summed E-state index contributed by atoms with van der Waals surface area (Å²) in [5.74, 6) is 0.966.